The first-order valence-electron chi connectivity index (χ1n) is 10.2. The van der Waals surface area contributed by atoms with Gasteiger partial charge in [0, 0.05) is 56.0 Å². The van der Waals surface area contributed by atoms with E-state index < -0.39 is 11.7 Å². The van der Waals surface area contributed by atoms with Crippen LogP contribution >= 0.6 is 0 Å². The Morgan fingerprint density at radius 2 is 1.69 bits per heavy atom. The Labute approximate surface area is 183 Å². The molecule has 0 spiro atoms. The van der Waals surface area contributed by atoms with Crippen LogP contribution in [0.15, 0.2) is 61.1 Å². The molecule has 3 heterocycles. The first-order chi connectivity index (χ1) is 15.6. The van der Waals surface area contributed by atoms with Gasteiger partial charge in [0.15, 0.2) is 0 Å². The monoisotopic (exact) mass is 434 g/mol. The van der Waals surface area contributed by atoms with E-state index in [0.29, 0.717) is 49.2 Å². The maximum atomic E-state index is 14.9. The third kappa shape index (κ3) is 3.73. The van der Waals surface area contributed by atoms with Crippen LogP contribution in [0.25, 0.3) is 5.57 Å². The Morgan fingerprint density at radius 3 is 2.44 bits per heavy atom. The number of piperazine rings is 1. The van der Waals surface area contributed by atoms with Crippen molar-refractivity contribution in [3.63, 3.8) is 0 Å². The van der Waals surface area contributed by atoms with Crippen LogP contribution in [0.3, 0.4) is 0 Å². The molecule has 0 saturated carbocycles. The minimum atomic E-state index is -0.490. The number of carbonyl (C=O) groups is 1. The first kappa shape index (κ1) is 19.9. The summed E-state index contributed by atoms with van der Waals surface area (Å²) in [6.07, 6.45) is 4.81. The Bertz CT molecular complexity index is 1190. The molecule has 1 fully saturated rings. The highest BCUT2D eigenvalue weighted by atomic mass is 19.1. The van der Waals surface area contributed by atoms with Crippen LogP contribution in [-0.4, -0.2) is 42.1 Å². The third-order valence-electron chi connectivity index (χ3n) is 5.56. The molecule has 2 aliphatic rings. The van der Waals surface area contributed by atoms with Crippen LogP contribution in [0.1, 0.15) is 5.56 Å². The van der Waals surface area contributed by atoms with Crippen LogP contribution < -0.4 is 20.4 Å². The van der Waals surface area contributed by atoms with Crippen molar-refractivity contribution in [3.05, 3.63) is 78.3 Å². The molecule has 7 nitrogen and oxygen atoms in total. The van der Waals surface area contributed by atoms with Gasteiger partial charge in [-0.05, 0) is 36.4 Å². The molecule has 0 atom stereocenters. The summed E-state index contributed by atoms with van der Waals surface area (Å²) < 4.78 is 29.0. The van der Waals surface area contributed by atoms with Gasteiger partial charge in [-0.3, -0.25) is 4.79 Å². The Hall–Kier alpha value is -4.01. The van der Waals surface area contributed by atoms with Gasteiger partial charge in [-0.15, -0.1) is 0 Å². The van der Waals surface area contributed by atoms with Crippen LogP contribution in [0.2, 0.25) is 0 Å². The van der Waals surface area contributed by atoms with Crippen molar-refractivity contribution >= 4 is 34.5 Å². The van der Waals surface area contributed by atoms with E-state index in [-0.39, 0.29) is 17.0 Å². The summed E-state index contributed by atoms with van der Waals surface area (Å²) in [5, 5.41) is 5.53. The second kappa shape index (κ2) is 8.26. The fraction of sp³-hybridized carbons (Fsp3) is 0.174. The molecule has 1 aromatic heterocycles. The molecule has 2 N–H and O–H groups in total. The average Bonchev–Trinajstić information content (AvgIpc) is 3.15. The summed E-state index contributed by atoms with van der Waals surface area (Å²) in [6.45, 7) is 2.66. The van der Waals surface area contributed by atoms with Crippen molar-refractivity contribution in [3.8, 4) is 0 Å². The largest absolute Gasteiger partial charge is 0.366 e. The van der Waals surface area contributed by atoms with Crippen LogP contribution in [-0.2, 0) is 4.79 Å². The molecule has 3 aromatic rings. The van der Waals surface area contributed by atoms with Gasteiger partial charge in [-0.1, -0.05) is 6.07 Å². The van der Waals surface area contributed by atoms with E-state index in [2.05, 4.69) is 25.5 Å². The fourth-order valence-electron chi connectivity index (χ4n) is 3.95. The van der Waals surface area contributed by atoms with Crippen molar-refractivity contribution in [2.24, 2.45) is 0 Å². The third-order valence-corrected chi connectivity index (χ3v) is 5.56. The molecular formula is C23H20F2N6O. The van der Waals surface area contributed by atoms with Gasteiger partial charge in [0.05, 0.1) is 16.9 Å². The lowest BCUT2D eigenvalue weighted by atomic mass is 10.1. The van der Waals surface area contributed by atoms with Crippen molar-refractivity contribution in [2.45, 2.75) is 0 Å². The Balaban J connectivity index is 1.28. The second-order valence-corrected chi connectivity index (χ2v) is 7.51. The summed E-state index contributed by atoms with van der Waals surface area (Å²) in [4.78, 5) is 24.8. The molecule has 162 valence electrons. The highest BCUT2D eigenvalue weighted by Gasteiger charge is 2.27. The predicted molar refractivity (Wildman–Crippen MR) is 119 cm³/mol. The van der Waals surface area contributed by atoms with Crippen molar-refractivity contribution in [1.29, 1.82) is 0 Å². The predicted octanol–water partition coefficient (Wildman–Crippen LogP) is 3.49. The molecule has 0 bridgehead atoms. The number of nitrogens with one attached hydrogen (secondary N) is 2. The SMILES string of the molecule is O=C1Nc2cccc(F)c2C1=CNc1ccc(N2CCN(c3ncccn3)CC2)c(F)c1. The lowest BCUT2D eigenvalue weighted by molar-refractivity contribution is -0.110. The van der Waals surface area contributed by atoms with Crippen molar-refractivity contribution in [1.82, 2.24) is 9.97 Å². The summed E-state index contributed by atoms with van der Waals surface area (Å²) in [5.41, 5.74) is 1.77. The first-order valence-corrected chi connectivity index (χ1v) is 10.2. The molecule has 1 saturated heterocycles. The number of benzene rings is 2. The minimum absolute atomic E-state index is 0.168. The van der Waals surface area contributed by atoms with Crippen LogP contribution in [0.5, 0.6) is 0 Å². The van der Waals surface area contributed by atoms with E-state index in [1.807, 2.05) is 4.90 Å². The highest BCUT2D eigenvalue weighted by Crippen LogP contribution is 2.34. The molecule has 5 rings (SSSR count). The molecule has 2 aliphatic heterocycles. The van der Waals surface area contributed by atoms with Gasteiger partial charge in [0.1, 0.15) is 11.6 Å². The number of amides is 1. The number of rotatable bonds is 4. The maximum absolute atomic E-state index is 14.9. The molecule has 0 unspecified atom stereocenters. The number of fused-ring (bicyclic) bond motifs is 1. The van der Waals surface area contributed by atoms with Crippen LogP contribution in [0, 0.1) is 11.6 Å². The number of anilines is 4. The van der Waals surface area contributed by atoms with E-state index in [1.54, 1.807) is 36.7 Å². The van der Waals surface area contributed by atoms with E-state index >= 15 is 0 Å². The number of hydrogen-bond acceptors (Lipinski definition) is 6. The number of carbonyl (C=O) groups excluding carboxylic acids is 1. The Morgan fingerprint density at radius 1 is 0.938 bits per heavy atom. The molecule has 1 amide bonds. The maximum Gasteiger partial charge on any atom is 0.257 e. The van der Waals surface area contributed by atoms with Gasteiger partial charge < -0.3 is 20.4 Å². The van der Waals surface area contributed by atoms with E-state index in [9.17, 15) is 13.6 Å². The topological polar surface area (TPSA) is 73.4 Å². The molecule has 32 heavy (non-hydrogen) atoms. The second-order valence-electron chi connectivity index (χ2n) is 7.51. The number of aromatic nitrogens is 2. The van der Waals surface area contributed by atoms with E-state index in [1.165, 1.54) is 24.4 Å². The van der Waals surface area contributed by atoms with Gasteiger partial charge in [-0.25, -0.2) is 18.7 Å². The lowest BCUT2D eigenvalue weighted by Crippen LogP contribution is -2.47. The minimum Gasteiger partial charge on any atom is -0.366 e. The zero-order chi connectivity index (χ0) is 22.1. The molecule has 0 aliphatic carbocycles. The highest BCUT2D eigenvalue weighted by molar-refractivity contribution is 6.31. The number of halogens is 2. The van der Waals surface area contributed by atoms with Gasteiger partial charge in [0.2, 0.25) is 5.95 Å². The van der Waals surface area contributed by atoms with Crippen molar-refractivity contribution in [2.75, 3.05) is 46.6 Å². The number of hydrogen-bond donors (Lipinski definition) is 2. The summed E-state index contributed by atoms with van der Waals surface area (Å²) in [7, 11) is 0. The van der Waals surface area contributed by atoms with Gasteiger partial charge in [-0.2, -0.15) is 0 Å². The van der Waals surface area contributed by atoms with Crippen LogP contribution in [0.4, 0.5) is 31.8 Å². The average molecular weight is 434 g/mol. The van der Waals surface area contributed by atoms with E-state index in [4.69, 9.17) is 0 Å². The molecule has 0 radical (unpaired) electrons. The van der Waals surface area contributed by atoms with Gasteiger partial charge >= 0.3 is 0 Å². The van der Waals surface area contributed by atoms with Gasteiger partial charge in [0.25, 0.3) is 5.91 Å². The zero-order valence-electron chi connectivity index (χ0n) is 17.1. The molecule has 2 aromatic carbocycles. The molecule has 9 heteroatoms. The normalized spacial score (nSPS) is 16.8. The standard InChI is InChI=1S/C23H20F2N6O/c24-17-3-1-4-19-21(17)16(22(32)29-19)14-28-15-5-6-20(18(25)13-15)30-9-11-31(12-10-30)23-26-7-2-8-27-23/h1-8,13-14,28H,9-12H2,(H,29,32). The summed E-state index contributed by atoms with van der Waals surface area (Å²) in [6, 6.07) is 11.0. The summed E-state index contributed by atoms with van der Waals surface area (Å²) in [5.74, 6) is -0.597. The quantitative estimate of drug-likeness (QED) is 0.613. The smallest absolute Gasteiger partial charge is 0.257 e. The number of nitrogens with zero attached hydrogens (tertiary/aromatic N) is 4. The Kier molecular flexibility index (Phi) is 5.14. The van der Waals surface area contributed by atoms with Crippen molar-refractivity contribution < 1.29 is 13.6 Å². The fourth-order valence-corrected chi connectivity index (χ4v) is 3.95. The molecular weight excluding hydrogens is 414 g/mol. The lowest BCUT2D eigenvalue weighted by Gasteiger charge is -2.36. The van der Waals surface area contributed by atoms with E-state index in [0.717, 1.165) is 0 Å². The summed E-state index contributed by atoms with van der Waals surface area (Å²) >= 11 is 0. The zero-order valence-corrected chi connectivity index (χ0v) is 17.1.